The highest BCUT2D eigenvalue weighted by Crippen LogP contribution is 2.34. The smallest absolute Gasteiger partial charge is 0.475 e. The third-order valence-electron chi connectivity index (χ3n) is 5.08. The third kappa shape index (κ3) is 5.18. The summed E-state index contributed by atoms with van der Waals surface area (Å²) in [5, 5.41) is 7.12. The van der Waals surface area contributed by atoms with Crippen molar-refractivity contribution in [1.82, 2.24) is 9.88 Å². The number of aliphatic carboxylic acids is 1. The molecule has 1 aliphatic carbocycles. The molecule has 12 heteroatoms. The van der Waals surface area contributed by atoms with Crippen LogP contribution >= 0.6 is 0 Å². The second-order valence-electron chi connectivity index (χ2n) is 7.16. The third-order valence-corrected chi connectivity index (χ3v) is 5.08. The number of carboxylic acids is 1. The minimum Gasteiger partial charge on any atom is -0.475 e. The number of carboxylic acid groups (broad SMARTS) is 1. The van der Waals surface area contributed by atoms with E-state index in [2.05, 4.69) is 4.98 Å². The number of aryl methyl sites for hydroxylation is 1. The van der Waals surface area contributed by atoms with Crippen molar-refractivity contribution in [2.75, 3.05) is 13.2 Å². The van der Waals surface area contributed by atoms with Crippen molar-refractivity contribution in [2.45, 2.75) is 44.2 Å². The van der Waals surface area contributed by atoms with Crippen molar-refractivity contribution in [2.24, 2.45) is 0 Å². The number of nitrogens with zero attached hydrogens (tertiary/aromatic N) is 2. The number of hydrogen-bond donors (Lipinski definition) is 1. The zero-order valence-corrected chi connectivity index (χ0v) is 16.8. The summed E-state index contributed by atoms with van der Waals surface area (Å²) in [5.74, 6) is -3.05. The van der Waals surface area contributed by atoms with Gasteiger partial charge in [0.1, 0.15) is 12.2 Å². The molecule has 32 heavy (non-hydrogen) atoms. The monoisotopic (exact) mass is 460 g/mol. The molecule has 2 fully saturated rings. The van der Waals surface area contributed by atoms with Crippen molar-refractivity contribution in [3.05, 3.63) is 47.8 Å². The van der Waals surface area contributed by atoms with Crippen LogP contribution in [0.3, 0.4) is 0 Å². The van der Waals surface area contributed by atoms with Gasteiger partial charge in [0.05, 0.1) is 18.9 Å². The molecule has 2 aromatic heterocycles. The zero-order valence-electron chi connectivity index (χ0n) is 16.8. The molecule has 2 aliphatic rings. The van der Waals surface area contributed by atoms with E-state index in [4.69, 9.17) is 23.8 Å². The first-order chi connectivity index (χ1) is 15.1. The second kappa shape index (κ2) is 9.55. The van der Waals surface area contributed by atoms with Crippen molar-refractivity contribution in [3.63, 3.8) is 0 Å². The molecule has 1 amide bonds. The molecule has 174 valence electrons. The van der Waals surface area contributed by atoms with E-state index in [0.717, 1.165) is 12.0 Å². The Hall–Kier alpha value is -3.15. The van der Waals surface area contributed by atoms with E-state index in [0.29, 0.717) is 25.3 Å². The topological polar surface area (TPSA) is 102 Å². The lowest BCUT2D eigenvalue weighted by atomic mass is 10.1. The number of alkyl halides is 3. The minimum atomic E-state index is -5.08. The largest absolute Gasteiger partial charge is 0.490 e. The number of amides is 1. The molecular formula is C20H20F4N2O6. The van der Waals surface area contributed by atoms with Gasteiger partial charge in [0.2, 0.25) is 0 Å². The Morgan fingerprint density at radius 2 is 2.00 bits per heavy atom. The zero-order chi connectivity index (χ0) is 23.5. The number of fused-ring (bicyclic) bond motifs is 1. The Morgan fingerprint density at radius 3 is 2.59 bits per heavy atom. The lowest BCUT2D eigenvalue weighted by Crippen LogP contribution is -2.54. The fourth-order valence-electron chi connectivity index (χ4n) is 3.62. The van der Waals surface area contributed by atoms with Crippen LogP contribution in [0.15, 0.2) is 35.1 Å². The van der Waals surface area contributed by atoms with Gasteiger partial charge in [-0.2, -0.15) is 13.2 Å². The first kappa shape index (κ1) is 23.5. The highest BCUT2D eigenvalue weighted by atomic mass is 19.4. The average molecular weight is 460 g/mol. The van der Waals surface area contributed by atoms with Gasteiger partial charge >= 0.3 is 12.1 Å². The van der Waals surface area contributed by atoms with Gasteiger partial charge in [-0.1, -0.05) is 0 Å². The van der Waals surface area contributed by atoms with Crippen LogP contribution in [-0.2, 0) is 9.53 Å². The van der Waals surface area contributed by atoms with E-state index in [1.165, 1.54) is 24.6 Å². The van der Waals surface area contributed by atoms with Crippen LogP contribution in [0.25, 0.3) is 0 Å². The van der Waals surface area contributed by atoms with Crippen LogP contribution < -0.4 is 4.74 Å². The van der Waals surface area contributed by atoms with Gasteiger partial charge in [-0.05, 0) is 38.0 Å². The summed E-state index contributed by atoms with van der Waals surface area (Å²) in [6, 6.07) is 4.49. The maximum atomic E-state index is 13.8. The number of pyridine rings is 1. The number of furan rings is 1. The van der Waals surface area contributed by atoms with Gasteiger partial charge in [-0.25, -0.2) is 14.2 Å². The summed E-state index contributed by atoms with van der Waals surface area (Å²) < 4.78 is 62.5. The number of morpholine rings is 1. The Kier molecular flexibility index (Phi) is 7.02. The van der Waals surface area contributed by atoms with Crippen LogP contribution in [0, 0.1) is 12.7 Å². The number of carbonyl (C=O) groups excluding carboxylic acids is 1. The Morgan fingerprint density at radius 1 is 1.28 bits per heavy atom. The molecule has 1 saturated carbocycles. The predicted octanol–water partition coefficient (Wildman–Crippen LogP) is 3.21. The second-order valence-corrected chi connectivity index (χ2v) is 7.16. The maximum Gasteiger partial charge on any atom is 0.490 e. The van der Waals surface area contributed by atoms with E-state index in [9.17, 15) is 22.4 Å². The summed E-state index contributed by atoms with van der Waals surface area (Å²) in [4.78, 5) is 27.4. The normalized spacial score (nSPS) is 22.5. The molecule has 1 N–H and O–H groups in total. The molecule has 3 atom stereocenters. The van der Waals surface area contributed by atoms with Crippen molar-refractivity contribution in [1.29, 1.82) is 0 Å². The number of hydrogen-bond acceptors (Lipinski definition) is 6. The quantitative estimate of drug-likeness (QED) is 0.702. The van der Waals surface area contributed by atoms with Crippen molar-refractivity contribution < 1.29 is 46.1 Å². The first-order valence-corrected chi connectivity index (χ1v) is 9.63. The van der Waals surface area contributed by atoms with Crippen LogP contribution in [0.1, 0.15) is 29.0 Å². The van der Waals surface area contributed by atoms with Gasteiger partial charge in [-0.15, -0.1) is 0 Å². The summed E-state index contributed by atoms with van der Waals surface area (Å²) in [7, 11) is 0. The number of carbonyl (C=O) groups is 2. The number of halogens is 4. The summed E-state index contributed by atoms with van der Waals surface area (Å²) in [6.45, 7) is 2.76. The highest BCUT2D eigenvalue weighted by Gasteiger charge is 2.46. The van der Waals surface area contributed by atoms with Gasteiger partial charge in [0, 0.05) is 18.3 Å². The molecule has 0 radical (unpaired) electrons. The van der Waals surface area contributed by atoms with Crippen LogP contribution in [0.4, 0.5) is 17.6 Å². The molecule has 8 nitrogen and oxygen atoms in total. The molecule has 0 bridgehead atoms. The summed E-state index contributed by atoms with van der Waals surface area (Å²) >= 11 is 0. The maximum absolute atomic E-state index is 13.8. The summed E-state index contributed by atoms with van der Waals surface area (Å²) in [5.41, 5.74) is 0.814. The minimum absolute atomic E-state index is 0.0259. The van der Waals surface area contributed by atoms with E-state index in [-0.39, 0.29) is 30.0 Å². The predicted molar refractivity (Wildman–Crippen MR) is 99.5 cm³/mol. The SMILES string of the molecule is Cc1ccoc1C(=O)N1CCO[C@H]2[C@@H](Oc3ncccc3F)CC[C@@H]21.O=C(O)C(F)(F)F. The number of aromatic nitrogens is 1. The van der Waals surface area contributed by atoms with Crippen molar-refractivity contribution in [3.8, 4) is 5.88 Å². The Bertz CT molecular complexity index is 964. The van der Waals surface area contributed by atoms with E-state index in [1.54, 1.807) is 11.0 Å². The molecule has 1 saturated heterocycles. The van der Waals surface area contributed by atoms with Gasteiger partial charge in [0.25, 0.3) is 11.8 Å². The van der Waals surface area contributed by atoms with E-state index in [1.807, 2.05) is 6.92 Å². The average Bonchev–Trinajstić information content (AvgIpc) is 3.35. The molecule has 1 aliphatic heterocycles. The fraction of sp³-hybridized carbons (Fsp3) is 0.450. The molecule has 0 aromatic carbocycles. The van der Waals surface area contributed by atoms with Gasteiger partial charge in [-0.3, -0.25) is 4.79 Å². The molecule has 2 aromatic rings. The number of rotatable bonds is 3. The molecule has 4 rings (SSSR count). The first-order valence-electron chi connectivity index (χ1n) is 9.63. The van der Waals surface area contributed by atoms with Crippen LogP contribution in [0.5, 0.6) is 5.88 Å². The Labute approximate surface area is 179 Å². The van der Waals surface area contributed by atoms with Crippen molar-refractivity contribution >= 4 is 11.9 Å². The molecule has 0 spiro atoms. The number of ether oxygens (including phenoxy) is 2. The summed E-state index contributed by atoms with van der Waals surface area (Å²) in [6.07, 6.45) is -1.30. The van der Waals surface area contributed by atoms with Gasteiger partial charge < -0.3 is 23.9 Å². The standard InChI is InChI=1S/C18H19FN2O4.C2HF3O2/c1-11-6-9-23-15(11)18(22)21-8-10-24-16-13(21)4-5-14(16)25-17-12(19)3-2-7-20-17;3-2(4,5)1(6)7/h2-3,6-7,9,13-14,16H,4-5,8,10H2,1H3;(H,6,7)/t13-,14-,16+;/m0./s1. The van der Waals surface area contributed by atoms with E-state index < -0.39 is 18.0 Å². The fourth-order valence-corrected chi connectivity index (χ4v) is 3.62. The highest BCUT2D eigenvalue weighted by molar-refractivity contribution is 5.93. The van der Waals surface area contributed by atoms with Gasteiger partial charge in [0.15, 0.2) is 11.6 Å². The van der Waals surface area contributed by atoms with Crippen LogP contribution in [-0.4, -0.2) is 64.4 Å². The lowest BCUT2D eigenvalue weighted by molar-refractivity contribution is -0.192. The van der Waals surface area contributed by atoms with E-state index >= 15 is 0 Å². The molecule has 3 heterocycles. The van der Waals surface area contributed by atoms with Crippen LogP contribution in [0.2, 0.25) is 0 Å². The lowest BCUT2D eigenvalue weighted by Gasteiger charge is -2.38. The Balaban J connectivity index is 0.000000360. The molecule has 0 unspecified atom stereocenters. The molecular weight excluding hydrogens is 440 g/mol.